The Morgan fingerprint density at radius 2 is 1.93 bits per heavy atom. The van der Waals surface area contributed by atoms with Crippen molar-refractivity contribution in [2.24, 2.45) is 4.99 Å². The van der Waals surface area contributed by atoms with Crippen LogP contribution in [0.5, 0.6) is 0 Å². The number of aliphatic imine (C=N–C) groups is 1. The molecule has 0 radical (unpaired) electrons. The van der Waals surface area contributed by atoms with Gasteiger partial charge in [-0.05, 0) is 46.1 Å². The quantitative estimate of drug-likeness (QED) is 0.303. The number of hydrogen-bond acceptors (Lipinski definition) is 4. The van der Waals surface area contributed by atoms with Crippen molar-refractivity contribution in [3.63, 3.8) is 0 Å². The van der Waals surface area contributed by atoms with Crippen LogP contribution in [0.15, 0.2) is 35.3 Å². The third kappa shape index (κ3) is 7.20. The van der Waals surface area contributed by atoms with Crippen molar-refractivity contribution >= 4 is 41.3 Å². The van der Waals surface area contributed by atoms with E-state index >= 15 is 0 Å². The highest BCUT2D eigenvalue weighted by Gasteiger charge is 2.24. The van der Waals surface area contributed by atoms with E-state index in [1.165, 1.54) is 10.4 Å². The van der Waals surface area contributed by atoms with Gasteiger partial charge in [0.1, 0.15) is 0 Å². The van der Waals surface area contributed by atoms with E-state index in [4.69, 9.17) is 4.99 Å². The van der Waals surface area contributed by atoms with Crippen molar-refractivity contribution in [2.45, 2.75) is 59.0 Å². The molecule has 0 aliphatic carbocycles. The Hall–Kier alpha value is -1.19. The van der Waals surface area contributed by atoms with Gasteiger partial charge in [0.05, 0.1) is 10.7 Å². The van der Waals surface area contributed by atoms with E-state index in [0.29, 0.717) is 12.1 Å². The molecule has 166 valence electrons. The molecule has 0 amide bonds. The summed E-state index contributed by atoms with van der Waals surface area (Å²) < 4.78 is 0. The van der Waals surface area contributed by atoms with E-state index in [0.717, 1.165) is 62.1 Å². The van der Waals surface area contributed by atoms with Crippen LogP contribution in [-0.2, 0) is 6.42 Å². The minimum absolute atomic E-state index is 0. The number of rotatable bonds is 7. The third-order valence-electron chi connectivity index (χ3n) is 5.65. The lowest BCUT2D eigenvalue weighted by Crippen LogP contribution is -2.49. The zero-order valence-corrected chi connectivity index (χ0v) is 21.8. The first-order chi connectivity index (χ1) is 14.1. The predicted octanol–water partition coefficient (Wildman–Crippen LogP) is 4.70. The number of aryl methyl sites for hydroxylation is 2. The largest absolute Gasteiger partial charge is 0.357 e. The van der Waals surface area contributed by atoms with Crippen LogP contribution in [0.3, 0.4) is 0 Å². The molecule has 0 bridgehead atoms. The summed E-state index contributed by atoms with van der Waals surface area (Å²) in [5.41, 5.74) is 2.56. The number of halogens is 1. The molecule has 3 rings (SSSR count). The van der Waals surface area contributed by atoms with Crippen LogP contribution >= 0.6 is 35.3 Å². The number of likely N-dealkylation sites (tertiary alicyclic amines) is 1. The summed E-state index contributed by atoms with van der Waals surface area (Å²) in [6, 6.07) is 11.8. The standard InChI is InChI=1S/C23H35N5S.HI/c1-5-24-23(25-14-11-22-17(2)26-19(4)29-22)27-21-12-15-28(16-13-21)18(3)20-9-7-6-8-10-20;/h6-10,18,21H,5,11-16H2,1-4H3,(H2,24,25,27);1H. The van der Waals surface area contributed by atoms with E-state index in [1.54, 1.807) is 11.3 Å². The molecule has 1 fully saturated rings. The Morgan fingerprint density at radius 3 is 2.53 bits per heavy atom. The van der Waals surface area contributed by atoms with Gasteiger partial charge >= 0.3 is 0 Å². The number of aromatic nitrogens is 1. The highest BCUT2D eigenvalue weighted by atomic mass is 127. The van der Waals surface area contributed by atoms with Crippen LogP contribution in [0.1, 0.15) is 53.9 Å². The zero-order chi connectivity index (χ0) is 20.6. The first-order valence-electron chi connectivity index (χ1n) is 10.8. The molecule has 1 aliphatic heterocycles. The van der Waals surface area contributed by atoms with Gasteiger partial charge in [0.25, 0.3) is 0 Å². The molecule has 30 heavy (non-hydrogen) atoms. The van der Waals surface area contributed by atoms with Crippen LogP contribution in [-0.4, -0.2) is 48.1 Å². The van der Waals surface area contributed by atoms with Gasteiger partial charge in [-0.25, -0.2) is 4.98 Å². The lowest BCUT2D eigenvalue weighted by Gasteiger charge is -2.37. The number of nitrogens with zero attached hydrogens (tertiary/aromatic N) is 3. The zero-order valence-electron chi connectivity index (χ0n) is 18.6. The summed E-state index contributed by atoms with van der Waals surface area (Å²) in [5.74, 6) is 0.945. The molecule has 7 heteroatoms. The molecule has 2 aromatic rings. The molecule has 1 unspecified atom stereocenters. The SMILES string of the molecule is CCNC(=NCCc1sc(C)nc1C)NC1CCN(C(C)c2ccccc2)CC1.I. The van der Waals surface area contributed by atoms with Crippen molar-refractivity contribution < 1.29 is 0 Å². The number of benzene rings is 1. The first kappa shape index (κ1) is 25.1. The van der Waals surface area contributed by atoms with E-state index in [-0.39, 0.29) is 24.0 Å². The summed E-state index contributed by atoms with van der Waals surface area (Å²) in [6.45, 7) is 12.5. The van der Waals surface area contributed by atoms with E-state index < -0.39 is 0 Å². The van der Waals surface area contributed by atoms with Crippen LogP contribution < -0.4 is 10.6 Å². The van der Waals surface area contributed by atoms with Crippen molar-refractivity contribution in [3.05, 3.63) is 51.5 Å². The normalized spacial score (nSPS) is 16.7. The number of nitrogens with one attached hydrogen (secondary N) is 2. The maximum absolute atomic E-state index is 4.81. The summed E-state index contributed by atoms with van der Waals surface area (Å²) in [7, 11) is 0. The fraction of sp³-hybridized carbons (Fsp3) is 0.565. The molecule has 0 saturated carbocycles. The first-order valence-corrected chi connectivity index (χ1v) is 11.6. The van der Waals surface area contributed by atoms with Crippen LogP contribution in [0, 0.1) is 13.8 Å². The molecular formula is C23H36IN5S. The molecule has 2 heterocycles. The summed E-state index contributed by atoms with van der Waals surface area (Å²) in [5, 5.41) is 8.21. The second-order valence-electron chi connectivity index (χ2n) is 7.79. The van der Waals surface area contributed by atoms with Crippen molar-refractivity contribution in [2.75, 3.05) is 26.2 Å². The molecule has 2 N–H and O–H groups in total. The van der Waals surface area contributed by atoms with Gasteiger partial charge in [-0.15, -0.1) is 35.3 Å². The summed E-state index contributed by atoms with van der Waals surface area (Å²) in [6.07, 6.45) is 3.25. The predicted molar refractivity (Wildman–Crippen MR) is 139 cm³/mol. The van der Waals surface area contributed by atoms with Crippen LogP contribution in [0.2, 0.25) is 0 Å². The Bertz CT molecular complexity index is 784. The fourth-order valence-electron chi connectivity index (χ4n) is 3.96. The Balaban J connectivity index is 0.00000320. The van der Waals surface area contributed by atoms with Crippen molar-refractivity contribution in [1.29, 1.82) is 0 Å². The van der Waals surface area contributed by atoms with E-state index in [2.05, 4.69) is 78.5 Å². The molecule has 0 spiro atoms. The highest BCUT2D eigenvalue weighted by molar-refractivity contribution is 14.0. The Morgan fingerprint density at radius 1 is 1.23 bits per heavy atom. The van der Waals surface area contributed by atoms with Crippen molar-refractivity contribution in [3.8, 4) is 0 Å². The Labute approximate surface area is 202 Å². The Kier molecular flexibility index (Phi) is 10.5. The second kappa shape index (κ2) is 12.6. The maximum Gasteiger partial charge on any atom is 0.191 e. The van der Waals surface area contributed by atoms with Crippen molar-refractivity contribution in [1.82, 2.24) is 20.5 Å². The van der Waals surface area contributed by atoms with Gasteiger partial charge in [-0.3, -0.25) is 9.89 Å². The molecule has 5 nitrogen and oxygen atoms in total. The average Bonchev–Trinajstić information content (AvgIpc) is 3.06. The number of guanidine groups is 1. The smallest absolute Gasteiger partial charge is 0.191 e. The topological polar surface area (TPSA) is 52.6 Å². The third-order valence-corrected chi connectivity index (χ3v) is 6.79. The lowest BCUT2D eigenvalue weighted by molar-refractivity contribution is 0.158. The van der Waals surface area contributed by atoms with Gasteiger partial charge in [-0.2, -0.15) is 0 Å². The minimum Gasteiger partial charge on any atom is -0.357 e. The van der Waals surface area contributed by atoms with Crippen LogP contribution in [0.4, 0.5) is 0 Å². The van der Waals surface area contributed by atoms with E-state index in [9.17, 15) is 0 Å². The molecule has 1 aromatic heterocycles. The molecule has 1 aliphatic rings. The average molecular weight is 542 g/mol. The molecule has 1 aromatic carbocycles. The van der Waals surface area contributed by atoms with Gasteiger partial charge in [0, 0.05) is 49.6 Å². The second-order valence-corrected chi connectivity index (χ2v) is 9.08. The van der Waals surface area contributed by atoms with Gasteiger partial charge < -0.3 is 10.6 Å². The van der Waals surface area contributed by atoms with Gasteiger partial charge in [0.15, 0.2) is 5.96 Å². The fourth-order valence-corrected chi connectivity index (χ4v) is 4.89. The summed E-state index contributed by atoms with van der Waals surface area (Å²) >= 11 is 1.79. The molecular weight excluding hydrogens is 505 g/mol. The monoisotopic (exact) mass is 541 g/mol. The summed E-state index contributed by atoms with van der Waals surface area (Å²) in [4.78, 5) is 13.3. The maximum atomic E-state index is 4.81. The molecule has 1 atom stereocenters. The number of piperidine rings is 1. The minimum atomic E-state index is 0. The van der Waals surface area contributed by atoms with E-state index in [1.807, 2.05) is 0 Å². The van der Waals surface area contributed by atoms with Gasteiger partial charge in [0.2, 0.25) is 0 Å². The van der Waals surface area contributed by atoms with Crippen LogP contribution in [0.25, 0.3) is 0 Å². The lowest BCUT2D eigenvalue weighted by atomic mass is 10.0. The number of thiazole rings is 1. The number of hydrogen-bond donors (Lipinski definition) is 2. The molecule has 1 saturated heterocycles. The highest BCUT2D eigenvalue weighted by Crippen LogP contribution is 2.24. The van der Waals surface area contributed by atoms with Gasteiger partial charge in [-0.1, -0.05) is 30.3 Å².